The lowest BCUT2D eigenvalue weighted by Gasteiger charge is -2.10. The van der Waals surface area contributed by atoms with Gasteiger partial charge in [0.25, 0.3) is 0 Å². The van der Waals surface area contributed by atoms with E-state index in [0.29, 0.717) is 0 Å². The summed E-state index contributed by atoms with van der Waals surface area (Å²) in [6.45, 7) is 0. The summed E-state index contributed by atoms with van der Waals surface area (Å²) in [5.74, 6) is 0. The molecule has 0 N–H and O–H groups in total. The van der Waals surface area contributed by atoms with E-state index in [-0.39, 0.29) is 0 Å². The molecule has 0 saturated heterocycles. The molecule has 2 aromatic heterocycles. The van der Waals surface area contributed by atoms with Gasteiger partial charge in [-0.1, -0.05) is 23.1 Å². The van der Waals surface area contributed by atoms with E-state index in [1.54, 1.807) is 0 Å². The molecule has 1 aromatic carbocycles. The Balaban J connectivity index is 2.69. The largest absolute Gasteiger partial charge is 0.254 e. The van der Waals surface area contributed by atoms with Gasteiger partial charge in [-0.25, -0.2) is 0 Å². The van der Waals surface area contributed by atoms with Gasteiger partial charge in [0.05, 0.1) is 11.0 Å². The highest BCUT2D eigenvalue weighted by Crippen LogP contribution is 2.17. The lowest BCUT2D eigenvalue weighted by atomic mass is 9.76. The Morgan fingerprint density at radius 3 is 1.62 bits per heavy atom. The summed E-state index contributed by atoms with van der Waals surface area (Å²) in [6.07, 6.45) is 3.65. The summed E-state index contributed by atoms with van der Waals surface area (Å²) in [6, 6.07) is 8.17. The van der Waals surface area contributed by atoms with Gasteiger partial charge in [0.15, 0.2) is 0 Å². The van der Waals surface area contributed by atoms with Gasteiger partial charge >= 0.3 is 0 Å². The molecule has 2 nitrogen and oxygen atoms in total. The Hall–Kier alpha value is -1.83. The number of rotatable bonds is 0. The van der Waals surface area contributed by atoms with Gasteiger partial charge in [-0.15, -0.1) is 0 Å². The fraction of sp³-hybridized carbons (Fsp3) is 0. The van der Waals surface area contributed by atoms with Crippen LogP contribution in [0.4, 0.5) is 0 Å². The summed E-state index contributed by atoms with van der Waals surface area (Å²) >= 11 is 0. The van der Waals surface area contributed by atoms with Crippen LogP contribution in [-0.2, 0) is 0 Å². The number of benzene rings is 1. The number of aromatic nitrogens is 2. The lowest BCUT2D eigenvalue weighted by molar-refractivity contribution is 1.38. The predicted octanol–water partition coefficient (Wildman–Crippen LogP) is -0.700. The highest BCUT2D eigenvalue weighted by atomic mass is 14.7. The third kappa shape index (κ3) is 1.16. The molecule has 0 fully saturated rings. The zero-order chi connectivity index (χ0) is 11.1. The van der Waals surface area contributed by atoms with Crippen LogP contribution in [0.1, 0.15) is 0 Å². The van der Waals surface area contributed by atoms with Crippen molar-refractivity contribution in [2.45, 2.75) is 0 Å². The topological polar surface area (TPSA) is 25.8 Å². The van der Waals surface area contributed by atoms with E-state index < -0.39 is 0 Å². The maximum absolute atomic E-state index is 4.45. The zero-order valence-electron chi connectivity index (χ0n) is 9.36. The van der Waals surface area contributed by atoms with Crippen molar-refractivity contribution in [3.63, 3.8) is 0 Å². The van der Waals surface area contributed by atoms with Crippen LogP contribution in [0, 0.1) is 0 Å². The SMILES string of the molecule is Bc1c(B)c2cccnc2c2ncccc12. The molecule has 16 heavy (non-hydrogen) atoms. The maximum Gasteiger partial charge on any atom is 0.139 e. The van der Waals surface area contributed by atoms with Crippen molar-refractivity contribution in [1.29, 1.82) is 0 Å². The third-order valence-corrected chi connectivity index (χ3v) is 3.21. The van der Waals surface area contributed by atoms with Crippen molar-refractivity contribution in [3.05, 3.63) is 36.7 Å². The van der Waals surface area contributed by atoms with Crippen LogP contribution < -0.4 is 10.9 Å². The predicted molar refractivity (Wildman–Crippen MR) is 73.4 cm³/mol. The molecule has 0 amide bonds. The lowest BCUT2D eigenvalue weighted by Crippen LogP contribution is -2.27. The molecule has 0 aliphatic carbocycles. The highest BCUT2D eigenvalue weighted by molar-refractivity contribution is 6.56. The third-order valence-electron chi connectivity index (χ3n) is 3.21. The molecule has 3 aromatic rings. The summed E-state index contributed by atoms with van der Waals surface area (Å²) in [5, 5.41) is 2.40. The van der Waals surface area contributed by atoms with E-state index >= 15 is 0 Å². The smallest absolute Gasteiger partial charge is 0.139 e. The summed E-state index contributed by atoms with van der Waals surface area (Å²) in [4.78, 5) is 8.90. The Kier molecular flexibility index (Phi) is 1.96. The molecular formula is C12H10B2N2. The minimum Gasteiger partial charge on any atom is -0.254 e. The second kappa shape index (κ2) is 3.34. The van der Waals surface area contributed by atoms with Crippen molar-refractivity contribution in [2.75, 3.05) is 0 Å². The first-order valence-corrected chi connectivity index (χ1v) is 5.37. The Morgan fingerprint density at radius 1 is 0.750 bits per heavy atom. The van der Waals surface area contributed by atoms with E-state index in [2.05, 4.69) is 37.8 Å². The average molecular weight is 204 g/mol. The first-order valence-electron chi connectivity index (χ1n) is 5.37. The number of hydrogen-bond donors (Lipinski definition) is 0. The van der Waals surface area contributed by atoms with Crippen LogP contribution in [-0.4, -0.2) is 25.7 Å². The van der Waals surface area contributed by atoms with E-state index in [4.69, 9.17) is 0 Å². The molecule has 4 heteroatoms. The van der Waals surface area contributed by atoms with Gasteiger partial charge in [-0.2, -0.15) is 0 Å². The van der Waals surface area contributed by atoms with Gasteiger partial charge in [0.2, 0.25) is 0 Å². The number of fused-ring (bicyclic) bond motifs is 3. The molecule has 74 valence electrons. The molecule has 0 bridgehead atoms. The maximum atomic E-state index is 4.45. The summed E-state index contributed by atoms with van der Waals surface area (Å²) in [7, 11) is 4.29. The van der Waals surface area contributed by atoms with Crippen LogP contribution >= 0.6 is 0 Å². The molecule has 0 aliphatic heterocycles. The first-order chi connectivity index (χ1) is 7.79. The number of nitrogens with zero attached hydrogens (tertiary/aromatic N) is 2. The molecule has 2 heterocycles. The zero-order valence-corrected chi connectivity index (χ0v) is 9.36. The van der Waals surface area contributed by atoms with Crippen molar-refractivity contribution in [1.82, 2.24) is 9.97 Å². The highest BCUT2D eigenvalue weighted by Gasteiger charge is 2.08. The van der Waals surface area contributed by atoms with Crippen LogP contribution in [0.2, 0.25) is 0 Å². The molecule has 3 rings (SSSR count). The fourth-order valence-corrected chi connectivity index (χ4v) is 2.20. The van der Waals surface area contributed by atoms with Gasteiger partial charge in [-0.05, 0) is 22.9 Å². The second-order valence-corrected chi connectivity index (χ2v) is 4.05. The number of hydrogen-bond acceptors (Lipinski definition) is 2. The van der Waals surface area contributed by atoms with Crippen molar-refractivity contribution < 1.29 is 0 Å². The Bertz CT molecular complexity index is 634. The molecule has 0 aliphatic rings. The van der Waals surface area contributed by atoms with E-state index in [1.165, 1.54) is 21.7 Å². The Morgan fingerprint density at radius 2 is 1.19 bits per heavy atom. The summed E-state index contributed by atoms with van der Waals surface area (Å²) < 4.78 is 0. The monoisotopic (exact) mass is 204 g/mol. The molecule has 0 atom stereocenters. The van der Waals surface area contributed by atoms with Crippen LogP contribution in [0.3, 0.4) is 0 Å². The van der Waals surface area contributed by atoms with Crippen LogP contribution in [0.15, 0.2) is 36.7 Å². The van der Waals surface area contributed by atoms with Crippen molar-refractivity contribution >= 4 is 48.4 Å². The minimum atomic E-state index is 1.00. The fourth-order valence-electron chi connectivity index (χ4n) is 2.20. The normalized spacial score (nSPS) is 11.0. The standard InChI is InChI=1S/C12H10B2N2/c13-9-7-3-1-5-15-11(7)12-8(10(9)14)4-2-6-16-12/h1-6H,13-14H2. The van der Waals surface area contributed by atoms with Gasteiger partial charge in [-0.3, -0.25) is 9.97 Å². The van der Waals surface area contributed by atoms with Crippen LogP contribution in [0.25, 0.3) is 21.8 Å². The van der Waals surface area contributed by atoms with Gasteiger partial charge in [0.1, 0.15) is 15.7 Å². The Labute approximate surface area is 95.5 Å². The first kappa shape index (κ1) is 9.40. The quantitative estimate of drug-likeness (QED) is 0.357. The minimum absolute atomic E-state index is 1.00. The van der Waals surface area contributed by atoms with E-state index in [0.717, 1.165) is 11.0 Å². The van der Waals surface area contributed by atoms with Crippen LogP contribution in [0.5, 0.6) is 0 Å². The van der Waals surface area contributed by atoms with Gasteiger partial charge < -0.3 is 0 Å². The molecule has 0 saturated carbocycles. The van der Waals surface area contributed by atoms with Crippen molar-refractivity contribution in [3.8, 4) is 0 Å². The van der Waals surface area contributed by atoms with E-state index in [1.807, 2.05) is 24.5 Å². The summed E-state index contributed by atoms with van der Waals surface area (Å²) in [5.41, 5.74) is 4.59. The van der Waals surface area contributed by atoms with Gasteiger partial charge in [0, 0.05) is 12.4 Å². The molecule has 0 radical (unpaired) electrons. The average Bonchev–Trinajstić information content (AvgIpc) is 2.36. The molecular weight excluding hydrogens is 194 g/mol. The second-order valence-electron chi connectivity index (χ2n) is 4.05. The number of pyridine rings is 2. The molecule has 0 unspecified atom stereocenters. The molecule has 0 spiro atoms. The van der Waals surface area contributed by atoms with Crippen molar-refractivity contribution in [2.24, 2.45) is 0 Å². The van der Waals surface area contributed by atoms with E-state index in [9.17, 15) is 0 Å².